The minimum atomic E-state index is -3.64. The highest BCUT2D eigenvalue weighted by atomic mass is 32.2. The summed E-state index contributed by atoms with van der Waals surface area (Å²) in [5.74, 6) is -0.0103. The molecule has 0 bridgehead atoms. The van der Waals surface area contributed by atoms with Gasteiger partial charge in [0.05, 0.1) is 12.4 Å². The zero-order valence-electron chi connectivity index (χ0n) is 8.87. The number of aryl methyl sites for hydroxylation is 1. The van der Waals surface area contributed by atoms with Crippen molar-refractivity contribution >= 4 is 15.8 Å². The van der Waals surface area contributed by atoms with E-state index >= 15 is 0 Å². The van der Waals surface area contributed by atoms with Crippen LogP contribution in [0.5, 0.6) is 0 Å². The Hall–Kier alpha value is -1.12. The fourth-order valence-corrected chi connectivity index (χ4v) is 3.49. The molecule has 1 aromatic rings. The number of nitrogen functional groups attached to an aromatic ring is 1. The molecule has 90 valence electrons. The first-order valence-electron chi connectivity index (χ1n) is 4.88. The average Bonchev–Trinajstić information content (AvgIpc) is 2.74. The van der Waals surface area contributed by atoms with E-state index in [0.29, 0.717) is 13.0 Å². The van der Waals surface area contributed by atoms with Crippen LogP contribution in [0.2, 0.25) is 0 Å². The maximum atomic E-state index is 12.2. The average molecular weight is 246 g/mol. The Morgan fingerprint density at radius 2 is 2.31 bits per heavy atom. The molecule has 1 fully saturated rings. The summed E-state index contributed by atoms with van der Waals surface area (Å²) in [7, 11) is -2.07. The van der Waals surface area contributed by atoms with Crippen LogP contribution in [0, 0.1) is 0 Å². The van der Waals surface area contributed by atoms with Gasteiger partial charge in [0.15, 0.2) is 10.8 Å². The Labute approximate surface area is 93.5 Å². The predicted molar refractivity (Wildman–Crippen MR) is 57.0 cm³/mol. The summed E-state index contributed by atoms with van der Waals surface area (Å²) in [5.41, 5.74) is 5.53. The monoisotopic (exact) mass is 246 g/mol. The zero-order chi connectivity index (χ0) is 11.9. The number of aromatic nitrogens is 2. The molecule has 1 aliphatic rings. The minimum absolute atomic E-state index is 0.0103. The highest BCUT2D eigenvalue weighted by Gasteiger charge is 2.34. The van der Waals surface area contributed by atoms with Crippen LogP contribution < -0.4 is 5.73 Å². The second-order valence-corrected chi connectivity index (χ2v) is 5.70. The molecule has 0 unspecified atom stereocenters. The maximum Gasteiger partial charge on any atom is 0.262 e. The highest BCUT2D eigenvalue weighted by molar-refractivity contribution is 7.89. The molecule has 0 amide bonds. The van der Waals surface area contributed by atoms with Crippen LogP contribution in [0.25, 0.3) is 0 Å². The van der Waals surface area contributed by atoms with Crippen molar-refractivity contribution < 1.29 is 13.5 Å². The van der Waals surface area contributed by atoms with Crippen molar-refractivity contribution in [2.75, 3.05) is 18.8 Å². The largest absolute Gasteiger partial charge is 0.392 e. The number of nitrogens with two attached hydrogens (primary N) is 1. The smallest absolute Gasteiger partial charge is 0.262 e. The van der Waals surface area contributed by atoms with E-state index in [2.05, 4.69) is 4.98 Å². The Balaban J connectivity index is 2.40. The number of rotatable bonds is 2. The fraction of sp³-hybridized carbons (Fsp3) is 0.625. The molecule has 0 aliphatic carbocycles. The van der Waals surface area contributed by atoms with Gasteiger partial charge in [-0.25, -0.2) is 13.4 Å². The lowest BCUT2D eigenvalue weighted by atomic mass is 10.3. The Morgan fingerprint density at radius 1 is 1.62 bits per heavy atom. The normalized spacial score (nSPS) is 22.8. The number of imidazole rings is 1. The summed E-state index contributed by atoms with van der Waals surface area (Å²) in [6.45, 7) is 0.432. The Bertz CT molecular complexity index is 476. The van der Waals surface area contributed by atoms with E-state index in [4.69, 9.17) is 5.73 Å². The molecular weight excluding hydrogens is 232 g/mol. The number of anilines is 1. The highest BCUT2D eigenvalue weighted by Crippen LogP contribution is 2.24. The number of β-amino-alcohol motifs (C(OH)–C–C–N with tert-alkyl or cyclic N) is 1. The Morgan fingerprint density at radius 3 is 2.75 bits per heavy atom. The van der Waals surface area contributed by atoms with E-state index in [9.17, 15) is 13.5 Å². The van der Waals surface area contributed by atoms with E-state index in [-0.39, 0.29) is 17.4 Å². The molecule has 1 aliphatic heterocycles. The standard InChI is InChI=1S/C8H14N4O3S/c1-11-5-10-7(9)8(11)16(14,15)12-3-2-6(13)4-12/h5-6,13H,2-4,9H2,1H3/t6-/m1/s1. The topological polar surface area (TPSA) is 101 Å². The van der Waals surface area contributed by atoms with E-state index in [1.54, 1.807) is 7.05 Å². The van der Waals surface area contributed by atoms with Gasteiger partial charge in [0.2, 0.25) is 0 Å². The van der Waals surface area contributed by atoms with Gasteiger partial charge in [-0.3, -0.25) is 0 Å². The van der Waals surface area contributed by atoms with E-state index in [0.717, 1.165) is 0 Å². The number of hydrogen-bond acceptors (Lipinski definition) is 5. The van der Waals surface area contributed by atoms with Crippen molar-refractivity contribution in [2.45, 2.75) is 17.6 Å². The molecule has 0 saturated carbocycles. The van der Waals surface area contributed by atoms with Gasteiger partial charge in [-0.2, -0.15) is 4.31 Å². The van der Waals surface area contributed by atoms with Crippen molar-refractivity contribution in [3.05, 3.63) is 6.33 Å². The van der Waals surface area contributed by atoms with Crippen molar-refractivity contribution in [1.29, 1.82) is 0 Å². The summed E-state index contributed by atoms with van der Waals surface area (Å²) in [6, 6.07) is 0. The predicted octanol–water partition coefficient (Wildman–Crippen LogP) is -1.24. The molecule has 2 rings (SSSR count). The van der Waals surface area contributed by atoms with Crippen LogP contribution in [-0.2, 0) is 17.1 Å². The summed E-state index contributed by atoms with van der Waals surface area (Å²) >= 11 is 0. The maximum absolute atomic E-state index is 12.2. The van der Waals surface area contributed by atoms with Gasteiger partial charge in [0, 0.05) is 20.1 Å². The number of nitrogens with zero attached hydrogens (tertiary/aromatic N) is 3. The van der Waals surface area contributed by atoms with E-state index in [1.807, 2.05) is 0 Å². The van der Waals surface area contributed by atoms with Gasteiger partial charge < -0.3 is 15.4 Å². The summed E-state index contributed by atoms with van der Waals surface area (Å²) in [4.78, 5) is 3.75. The quantitative estimate of drug-likeness (QED) is 0.679. The minimum Gasteiger partial charge on any atom is -0.392 e. The van der Waals surface area contributed by atoms with Gasteiger partial charge in [-0.05, 0) is 6.42 Å². The third-order valence-electron chi connectivity index (χ3n) is 2.62. The van der Waals surface area contributed by atoms with E-state index < -0.39 is 16.1 Å². The van der Waals surface area contributed by atoms with Crippen LogP contribution in [0.1, 0.15) is 6.42 Å². The third kappa shape index (κ3) is 1.68. The fourth-order valence-electron chi connectivity index (χ4n) is 1.80. The molecule has 1 saturated heterocycles. The van der Waals surface area contributed by atoms with Gasteiger partial charge in [-0.15, -0.1) is 0 Å². The van der Waals surface area contributed by atoms with Crippen LogP contribution >= 0.6 is 0 Å². The first-order chi connectivity index (χ1) is 7.43. The SMILES string of the molecule is Cn1cnc(N)c1S(=O)(=O)N1CC[C@@H](O)C1. The lowest BCUT2D eigenvalue weighted by Crippen LogP contribution is -2.31. The van der Waals surface area contributed by atoms with Crippen LogP contribution in [-0.4, -0.2) is 46.6 Å². The zero-order valence-corrected chi connectivity index (χ0v) is 9.68. The number of hydrogen-bond donors (Lipinski definition) is 2. The molecule has 2 heterocycles. The lowest BCUT2D eigenvalue weighted by Gasteiger charge is -2.15. The number of aliphatic hydroxyl groups excluding tert-OH is 1. The summed E-state index contributed by atoms with van der Waals surface area (Å²) in [5, 5.41) is 9.33. The molecule has 0 radical (unpaired) electrons. The lowest BCUT2D eigenvalue weighted by molar-refractivity contribution is 0.189. The van der Waals surface area contributed by atoms with Crippen molar-refractivity contribution in [1.82, 2.24) is 13.9 Å². The van der Waals surface area contributed by atoms with Crippen LogP contribution in [0.15, 0.2) is 11.4 Å². The van der Waals surface area contributed by atoms with Crippen molar-refractivity contribution in [3.8, 4) is 0 Å². The molecule has 8 heteroatoms. The molecule has 1 atom stereocenters. The van der Waals surface area contributed by atoms with Crippen molar-refractivity contribution in [3.63, 3.8) is 0 Å². The Kier molecular flexibility index (Phi) is 2.64. The molecule has 0 spiro atoms. The second-order valence-electron chi connectivity index (χ2n) is 3.85. The van der Waals surface area contributed by atoms with Crippen molar-refractivity contribution in [2.24, 2.45) is 7.05 Å². The van der Waals surface area contributed by atoms with Gasteiger partial charge in [0.25, 0.3) is 10.0 Å². The van der Waals surface area contributed by atoms with Gasteiger partial charge in [-0.1, -0.05) is 0 Å². The molecule has 16 heavy (non-hydrogen) atoms. The van der Waals surface area contributed by atoms with Crippen LogP contribution in [0.4, 0.5) is 5.82 Å². The first kappa shape index (κ1) is 11.4. The molecule has 0 aromatic carbocycles. The summed E-state index contributed by atoms with van der Waals surface area (Å²) < 4.78 is 26.9. The molecule has 3 N–H and O–H groups in total. The van der Waals surface area contributed by atoms with Gasteiger partial charge in [0.1, 0.15) is 0 Å². The number of aliphatic hydroxyl groups is 1. The third-order valence-corrected chi connectivity index (χ3v) is 4.62. The summed E-state index contributed by atoms with van der Waals surface area (Å²) in [6.07, 6.45) is 1.22. The molecular formula is C8H14N4O3S. The number of sulfonamides is 1. The first-order valence-corrected chi connectivity index (χ1v) is 6.32. The molecule has 1 aromatic heterocycles. The van der Waals surface area contributed by atoms with E-state index in [1.165, 1.54) is 15.2 Å². The van der Waals surface area contributed by atoms with Crippen LogP contribution in [0.3, 0.4) is 0 Å². The second kappa shape index (κ2) is 3.72. The van der Waals surface area contributed by atoms with Gasteiger partial charge >= 0.3 is 0 Å². The molecule has 7 nitrogen and oxygen atoms in total.